The van der Waals surface area contributed by atoms with Crippen molar-refractivity contribution in [1.82, 2.24) is 10.3 Å². The maximum absolute atomic E-state index is 12.5. The summed E-state index contributed by atoms with van der Waals surface area (Å²) >= 11 is 0. The van der Waals surface area contributed by atoms with E-state index in [0.29, 0.717) is 6.42 Å². The molecule has 1 amide bonds. The van der Waals surface area contributed by atoms with Gasteiger partial charge in [0.25, 0.3) is 0 Å². The zero-order chi connectivity index (χ0) is 16.8. The van der Waals surface area contributed by atoms with E-state index >= 15 is 0 Å². The summed E-state index contributed by atoms with van der Waals surface area (Å²) in [6.07, 6.45) is 2.11. The van der Waals surface area contributed by atoms with Gasteiger partial charge in [0.1, 0.15) is 0 Å². The van der Waals surface area contributed by atoms with Gasteiger partial charge in [-0.15, -0.1) is 0 Å². The average Bonchev–Trinajstić information content (AvgIpc) is 2.63. The number of amides is 1. The lowest BCUT2D eigenvalue weighted by atomic mass is 10.0. The van der Waals surface area contributed by atoms with E-state index in [1.807, 2.05) is 79.7 Å². The molecule has 1 heterocycles. The van der Waals surface area contributed by atoms with Crippen molar-refractivity contribution in [3.8, 4) is 0 Å². The van der Waals surface area contributed by atoms with Gasteiger partial charge in [0.15, 0.2) is 0 Å². The second-order valence-corrected chi connectivity index (χ2v) is 5.83. The standard InChI is InChI=1S/C21H20N2O/c1-16-10-12-17(13-11-16)15-20(24)23-21(18-7-3-2-4-8-18)19-9-5-6-14-22-19/h2-14,21H,15H2,1H3,(H,23,24). The molecule has 0 saturated carbocycles. The van der Waals surface area contributed by atoms with E-state index in [1.165, 1.54) is 5.56 Å². The maximum Gasteiger partial charge on any atom is 0.225 e. The first kappa shape index (κ1) is 15.9. The third-order valence-electron chi connectivity index (χ3n) is 3.91. The molecule has 0 aliphatic rings. The van der Waals surface area contributed by atoms with Crippen LogP contribution >= 0.6 is 0 Å². The maximum atomic E-state index is 12.5. The van der Waals surface area contributed by atoms with Crippen LogP contribution in [0, 0.1) is 6.92 Å². The summed E-state index contributed by atoms with van der Waals surface area (Å²) in [5.41, 5.74) is 4.05. The fourth-order valence-electron chi connectivity index (χ4n) is 2.62. The number of rotatable bonds is 5. The van der Waals surface area contributed by atoms with Crippen LogP contribution in [0.15, 0.2) is 79.0 Å². The van der Waals surface area contributed by atoms with Gasteiger partial charge in [0.2, 0.25) is 5.91 Å². The van der Waals surface area contributed by atoms with Crippen LogP contribution in [0.3, 0.4) is 0 Å². The van der Waals surface area contributed by atoms with Crippen LogP contribution < -0.4 is 5.32 Å². The van der Waals surface area contributed by atoms with Crippen molar-refractivity contribution in [3.05, 3.63) is 101 Å². The molecule has 0 radical (unpaired) electrons. The lowest BCUT2D eigenvalue weighted by molar-refractivity contribution is -0.121. The van der Waals surface area contributed by atoms with E-state index < -0.39 is 0 Å². The summed E-state index contributed by atoms with van der Waals surface area (Å²) in [6, 6.07) is 23.4. The molecule has 1 aromatic heterocycles. The monoisotopic (exact) mass is 316 g/mol. The fourth-order valence-corrected chi connectivity index (χ4v) is 2.62. The third kappa shape index (κ3) is 4.07. The van der Waals surface area contributed by atoms with Crippen molar-refractivity contribution >= 4 is 5.91 Å². The second-order valence-electron chi connectivity index (χ2n) is 5.83. The molecule has 3 aromatic rings. The minimum atomic E-state index is -0.245. The summed E-state index contributed by atoms with van der Waals surface area (Å²) in [7, 11) is 0. The fraction of sp³-hybridized carbons (Fsp3) is 0.143. The van der Waals surface area contributed by atoms with E-state index in [4.69, 9.17) is 0 Å². The van der Waals surface area contributed by atoms with Gasteiger partial charge in [0, 0.05) is 6.20 Å². The predicted octanol–water partition coefficient (Wildman–Crippen LogP) is 3.84. The molecule has 3 nitrogen and oxygen atoms in total. The van der Waals surface area contributed by atoms with Crippen molar-refractivity contribution in [2.75, 3.05) is 0 Å². The Balaban J connectivity index is 1.79. The first-order chi connectivity index (χ1) is 11.7. The van der Waals surface area contributed by atoms with Crippen LogP contribution in [0.2, 0.25) is 0 Å². The average molecular weight is 316 g/mol. The number of aryl methyl sites for hydroxylation is 1. The summed E-state index contributed by atoms with van der Waals surface area (Å²) < 4.78 is 0. The molecule has 0 aliphatic carbocycles. The van der Waals surface area contributed by atoms with Crippen LogP contribution in [0.4, 0.5) is 0 Å². The Morgan fingerprint density at radius 1 is 0.958 bits per heavy atom. The molecule has 3 rings (SSSR count). The van der Waals surface area contributed by atoms with Gasteiger partial charge < -0.3 is 5.32 Å². The van der Waals surface area contributed by atoms with Gasteiger partial charge in [0.05, 0.1) is 18.2 Å². The molecule has 1 N–H and O–H groups in total. The van der Waals surface area contributed by atoms with Gasteiger partial charge >= 0.3 is 0 Å². The topological polar surface area (TPSA) is 42.0 Å². The van der Waals surface area contributed by atoms with Crippen LogP contribution in [-0.2, 0) is 11.2 Å². The molecule has 0 aliphatic heterocycles. The summed E-state index contributed by atoms with van der Waals surface area (Å²) in [5, 5.41) is 3.11. The van der Waals surface area contributed by atoms with E-state index in [0.717, 1.165) is 16.8 Å². The molecule has 1 unspecified atom stereocenters. The number of benzene rings is 2. The number of pyridine rings is 1. The second kappa shape index (κ2) is 7.55. The molecule has 120 valence electrons. The minimum Gasteiger partial charge on any atom is -0.343 e. The van der Waals surface area contributed by atoms with Gasteiger partial charge in [-0.1, -0.05) is 66.2 Å². The Bertz CT molecular complexity index is 744. The molecule has 0 spiro atoms. The minimum absolute atomic E-state index is 0.0154. The number of aromatic nitrogens is 1. The lowest BCUT2D eigenvalue weighted by Gasteiger charge is -2.19. The molecule has 0 bridgehead atoms. The number of hydrogen-bond donors (Lipinski definition) is 1. The van der Waals surface area contributed by atoms with Crippen LogP contribution in [0.1, 0.15) is 28.4 Å². The first-order valence-corrected chi connectivity index (χ1v) is 8.03. The Morgan fingerprint density at radius 3 is 2.33 bits per heavy atom. The molecule has 2 aromatic carbocycles. The van der Waals surface area contributed by atoms with E-state index in [2.05, 4.69) is 10.3 Å². The number of carbonyl (C=O) groups excluding carboxylic acids is 1. The summed E-state index contributed by atoms with van der Waals surface area (Å²) in [6.45, 7) is 2.04. The Morgan fingerprint density at radius 2 is 1.67 bits per heavy atom. The van der Waals surface area contributed by atoms with Gasteiger partial charge in [-0.2, -0.15) is 0 Å². The van der Waals surface area contributed by atoms with Crippen molar-refractivity contribution in [2.45, 2.75) is 19.4 Å². The van der Waals surface area contributed by atoms with Crippen LogP contribution in [0.25, 0.3) is 0 Å². The highest BCUT2D eigenvalue weighted by Crippen LogP contribution is 2.20. The highest BCUT2D eigenvalue weighted by Gasteiger charge is 2.17. The molecule has 3 heteroatoms. The molecule has 24 heavy (non-hydrogen) atoms. The van der Waals surface area contributed by atoms with Crippen molar-refractivity contribution in [1.29, 1.82) is 0 Å². The largest absolute Gasteiger partial charge is 0.343 e. The Hall–Kier alpha value is -2.94. The molecule has 1 atom stereocenters. The zero-order valence-electron chi connectivity index (χ0n) is 13.6. The SMILES string of the molecule is Cc1ccc(CC(=O)NC(c2ccccc2)c2ccccn2)cc1. The van der Waals surface area contributed by atoms with E-state index in [1.54, 1.807) is 6.20 Å². The normalized spacial score (nSPS) is 11.7. The third-order valence-corrected chi connectivity index (χ3v) is 3.91. The van der Waals surface area contributed by atoms with Gasteiger partial charge in [-0.05, 0) is 30.2 Å². The van der Waals surface area contributed by atoms with Crippen molar-refractivity contribution in [3.63, 3.8) is 0 Å². The quantitative estimate of drug-likeness (QED) is 0.777. The summed E-state index contributed by atoms with van der Waals surface area (Å²) in [4.78, 5) is 16.9. The van der Waals surface area contributed by atoms with E-state index in [9.17, 15) is 4.79 Å². The van der Waals surface area contributed by atoms with E-state index in [-0.39, 0.29) is 11.9 Å². The highest BCUT2D eigenvalue weighted by atomic mass is 16.1. The number of carbonyl (C=O) groups is 1. The number of nitrogens with one attached hydrogen (secondary N) is 1. The lowest BCUT2D eigenvalue weighted by Crippen LogP contribution is -2.31. The molecular weight excluding hydrogens is 296 g/mol. The molecular formula is C21H20N2O. The Labute approximate surface area is 142 Å². The molecule has 0 saturated heterocycles. The smallest absolute Gasteiger partial charge is 0.225 e. The predicted molar refractivity (Wildman–Crippen MR) is 95.5 cm³/mol. The van der Waals surface area contributed by atoms with Crippen molar-refractivity contribution < 1.29 is 4.79 Å². The number of nitrogens with zero attached hydrogens (tertiary/aromatic N) is 1. The molecule has 0 fully saturated rings. The van der Waals surface area contributed by atoms with Gasteiger partial charge in [-0.25, -0.2) is 0 Å². The van der Waals surface area contributed by atoms with Crippen molar-refractivity contribution in [2.24, 2.45) is 0 Å². The summed E-state index contributed by atoms with van der Waals surface area (Å²) in [5.74, 6) is -0.0154. The van der Waals surface area contributed by atoms with Gasteiger partial charge in [-0.3, -0.25) is 9.78 Å². The van der Waals surface area contributed by atoms with Crippen LogP contribution in [-0.4, -0.2) is 10.9 Å². The zero-order valence-corrected chi connectivity index (χ0v) is 13.6. The van der Waals surface area contributed by atoms with Crippen LogP contribution in [0.5, 0.6) is 0 Å². The Kier molecular flexibility index (Phi) is 5.02. The number of hydrogen-bond acceptors (Lipinski definition) is 2. The first-order valence-electron chi connectivity index (χ1n) is 8.03. The highest BCUT2D eigenvalue weighted by molar-refractivity contribution is 5.79.